The Kier molecular flexibility index (Phi) is 9.27. The number of benzene rings is 1. The van der Waals surface area contributed by atoms with Gasteiger partial charge in [-0.05, 0) is 31.5 Å². The zero-order chi connectivity index (χ0) is 16.7. The smallest absolute Gasteiger partial charge is 0.319 e. The Morgan fingerprint density at radius 1 is 1.29 bits per heavy atom. The minimum atomic E-state index is -0.196. The van der Waals surface area contributed by atoms with E-state index >= 15 is 0 Å². The lowest BCUT2D eigenvalue weighted by Crippen LogP contribution is -2.42. The number of guanidine groups is 1. The molecule has 134 valence electrons. The maximum absolute atomic E-state index is 11.6. The van der Waals surface area contributed by atoms with Gasteiger partial charge in [-0.1, -0.05) is 12.1 Å². The third-order valence-electron chi connectivity index (χ3n) is 3.39. The molecule has 1 aliphatic rings. The molecule has 1 heterocycles. The summed E-state index contributed by atoms with van der Waals surface area (Å²) in [4.78, 5) is 18.2. The lowest BCUT2D eigenvalue weighted by atomic mass is 10.2. The van der Waals surface area contributed by atoms with Gasteiger partial charge in [-0.15, -0.1) is 24.0 Å². The number of anilines is 1. The van der Waals surface area contributed by atoms with Crippen molar-refractivity contribution in [1.82, 2.24) is 10.2 Å². The summed E-state index contributed by atoms with van der Waals surface area (Å²) in [6, 6.07) is 7.57. The molecule has 2 amide bonds. The van der Waals surface area contributed by atoms with Gasteiger partial charge < -0.3 is 21.3 Å². The Hall–Kier alpha value is -1.16. The van der Waals surface area contributed by atoms with Crippen molar-refractivity contribution in [2.45, 2.75) is 26.4 Å². The fourth-order valence-electron chi connectivity index (χ4n) is 2.19. The van der Waals surface area contributed by atoms with Crippen LogP contribution in [-0.2, 0) is 6.54 Å². The second kappa shape index (κ2) is 10.7. The molecule has 0 bridgehead atoms. The molecule has 0 aromatic heterocycles. The van der Waals surface area contributed by atoms with E-state index in [2.05, 4.69) is 20.5 Å². The second-order valence-corrected chi connectivity index (χ2v) is 6.95. The van der Waals surface area contributed by atoms with Crippen LogP contribution in [0.5, 0.6) is 0 Å². The van der Waals surface area contributed by atoms with Gasteiger partial charge in [0.05, 0.1) is 6.54 Å². The number of hydrogen-bond donors (Lipinski definition) is 3. The van der Waals surface area contributed by atoms with Crippen molar-refractivity contribution in [2.75, 3.05) is 29.9 Å². The highest BCUT2D eigenvalue weighted by atomic mass is 127. The maximum atomic E-state index is 11.6. The molecule has 1 saturated heterocycles. The van der Waals surface area contributed by atoms with Crippen LogP contribution < -0.4 is 16.4 Å². The van der Waals surface area contributed by atoms with E-state index in [-0.39, 0.29) is 36.0 Å². The number of carbonyl (C=O) groups excluding carboxylic acids is 1. The number of aliphatic imine (C=N–C) groups is 1. The largest absolute Gasteiger partial charge is 0.370 e. The number of nitrogens with zero attached hydrogens (tertiary/aromatic N) is 2. The van der Waals surface area contributed by atoms with Crippen LogP contribution in [0.4, 0.5) is 10.5 Å². The SMILES string of the molecule is CC(C)NC(=O)Nc1ccc(CN=C(N)N2CCSCC2)cc1.I. The molecule has 24 heavy (non-hydrogen) atoms. The molecule has 0 radical (unpaired) electrons. The molecule has 2 rings (SSSR count). The Labute approximate surface area is 165 Å². The average Bonchev–Trinajstić information content (AvgIpc) is 2.54. The number of halogens is 1. The predicted molar refractivity (Wildman–Crippen MR) is 113 cm³/mol. The average molecular weight is 463 g/mol. The van der Waals surface area contributed by atoms with Crippen molar-refractivity contribution in [2.24, 2.45) is 10.7 Å². The first-order chi connectivity index (χ1) is 11.0. The van der Waals surface area contributed by atoms with E-state index in [1.807, 2.05) is 49.9 Å². The van der Waals surface area contributed by atoms with Crippen molar-refractivity contribution in [3.8, 4) is 0 Å². The standard InChI is InChI=1S/C16H25N5OS.HI/c1-12(2)19-16(22)20-14-5-3-13(4-6-14)11-18-15(17)21-7-9-23-10-8-21;/h3-6,12H,7-11H2,1-2H3,(H2,17,18)(H2,19,20,22);1H. The van der Waals surface area contributed by atoms with E-state index in [0.29, 0.717) is 12.5 Å². The molecule has 1 aromatic rings. The number of nitrogens with two attached hydrogens (primary N) is 1. The lowest BCUT2D eigenvalue weighted by Gasteiger charge is -2.27. The van der Waals surface area contributed by atoms with Gasteiger partial charge in [-0.25, -0.2) is 9.79 Å². The highest BCUT2D eigenvalue weighted by Crippen LogP contribution is 2.12. The number of thioether (sulfide) groups is 1. The van der Waals surface area contributed by atoms with Crippen LogP contribution in [0.3, 0.4) is 0 Å². The molecular weight excluding hydrogens is 437 g/mol. The normalized spacial score (nSPS) is 15.0. The first kappa shape index (κ1) is 20.9. The first-order valence-electron chi connectivity index (χ1n) is 7.83. The number of nitrogens with one attached hydrogen (secondary N) is 2. The number of carbonyl (C=O) groups is 1. The monoisotopic (exact) mass is 463 g/mol. The summed E-state index contributed by atoms with van der Waals surface area (Å²) in [7, 11) is 0. The number of urea groups is 1. The highest BCUT2D eigenvalue weighted by Gasteiger charge is 2.11. The van der Waals surface area contributed by atoms with E-state index in [4.69, 9.17) is 5.73 Å². The quantitative estimate of drug-likeness (QED) is 0.364. The molecule has 0 unspecified atom stereocenters. The third kappa shape index (κ3) is 7.16. The molecule has 0 saturated carbocycles. The molecule has 8 heteroatoms. The minimum absolute atomic E-state index is 0. The van der Waals surface area contributed by atoms with Crippen molar-refractivity contribution < 1.29 is 4.79 Å². The van der Waals surface area contributed by atoms with Crippen molar-refractivity contribution in [3.63, 3.8) is 0 Å². The Bertz CT molecular complexity index is 544. The summed E-state index contributed by atoms with van der Waals surface area (Å²) in [6.07, 6.45) is 0. The van der Waals surface area contributed by atoms with Gasteiger partial charge in [0.1, 0.15) is 0 Å². The summed E-state index contributed by atoms with van der Waals surface area (Å²) < 4.78 is 0. The zero-order valence-electron chi connectivity index (χ0n) is 14.1. The first-order valence-corrected chi connectivity index (χ1v) is 8.99. The van der Waals surface area contributed by atoms with Gasteiger partial charge >= 0.3 is 6.03 Å². The zero-order valence-corrected chi connectivity index (χ0v) is 17.3. The molecule has 1 aliphatic heterocycles. The summed E-state index contributed by atoms with van der Waals surface area (Å²) in [5, 5.41) is 5.58. The van der Waals surface area contributed by atoms with E-state index in [1.54, 1.807) is 0 Å². The maximum Gasteiger partial charge on any atom is 0.319 e. The van der Waals surface area contributed by atoms with Crippen LogP contribution >= 0.6 is 35.7 Å². The van der Waals surface area contributed by atoms with Gasteiger partial charge in [-0.3, -0.25) is 0 Å². The fraction of sp³-hybridized carbons (Fsp3) is 0.500. The highest BCUT2D eigenvalue weighted by molar-refractivity contribution is 14.0. The molecule has 1 fully saturated rings. The third-order valence-corrected chi connectivity index (χ3v) is 4.33. The van der Waals surface area contributed by atoms with Crippen LogP contribution in [0.25, 0.3) is 0 Å². The molecule has 0 aliphatic carbocycles. The van der Waals surface area contributed by atoms with Crippen LogP contribution in [0.2, 0.25) is 0 Å². The second-order valence-electron chi connectivity index (χ2n) is 5.72. The van der Waals surface area contributed by atoms with E-state index in [1.165, 1.54) is 0 Å². The number of amides is 2. The fourth-order valence-corrected chi connectivity index (χ4v) is 3.09. The van der Waals surface area contributed by atoms with Gasteiger partial charge in [0, 0.05) is 36.3 Å². The predicted octanol–water partition coefficient (Wildman–Crippen LogP) is 2.70. The van der Waals surface area contributed by atoms with Crippen LogP contribution in [0.15, 0.2) is 29.3 Å². The van der Waals surface area contributed by atoms with Gasteiger partial charge in [0.2, 0.25) is 0 Å². The van der Waals surface area contributed by atoms with Gasteiger partial charge in [0.15, 0.2) is 5.96 Å². The van der Waals surface area contributed by atoms with Crippen molar-refractivity contribution >= 4 is 53.4 Å². The molecule has 6 nitrogen and oxygen atoms in total. The summed E-state index contributed by atoms with van der Waals surface area (Å²) in [5.74, 6) is 2.83. The number of rotatable bonds is 4. The summed E-state index contributed by atoms with van der Waals surface area (Å²) >= 11 is 1.95. The minimum Gasteiger partial charge on any atom is -0.370 e. The molecule has 0 spiro atoms. The molecular formula is C16H26IN5OS. The summed E-state index contributed by atoms with van der Waals surface area (Å²) in [6.45, 7) is 6.33. The molecule has 1 aromatic carbocycles. The van der Waals surface area contributed by atoms with E-state index in [9.17, 15) is 4.79 Å². The van der Waals surface area contributed by atoms with Crippen LogP contribution in [0.1, 0.15) is 19.4 Å². The van der Waals surface area contributed by atoms with Crippen LogP contribution in [0, 0.1) is 0 Å². The van der Waals surface area contributed by atoms with Crippen molar-refractivity contribution in [1.29, 1.82) is 0 Å². The molecule has 0 atom stereocenters. The Morgan fingerprint density at radius 2 is 1.92 bits per heavy atom. The summed E-state index contributed by atoms with van der Waals surface area (Å²) in [5.41, 5.74) is 7.86. The topological polar surface area (TPSA) is 82.8 Å². The lowest BCUT2D eigenvalue weighted by molar-refractivity contribution is 0.250. The van der Waals surface area contributed by atoms with Crippen LogP contribution in [-0.4, -0.2) is 47.5 Å². The van der Waals surface area contributed by atoms with E-state index in [0.717, 1.165) is 35.8 Å². The Morgan fingerprint density at radius 3 is 2.50 bits per heavy atom. The Balaban J connectivity index is 0.00000288. The number of hydrogen-bond acceptors (Lipinski definition) is 3. The van der Waals surface area contributed by atoms with Gasteiger partial charge in [0.25, 0.3) is 0 Å². The van der Waals surface area contributed by atoms with E-state index < -0.39 is 0 Å². The van der Waals surface area contributed by atoms with Crippen molar-refractivity contribution in [3.05, 3.63) is 29.8 Å². The van der Waals surface area contributed by atoms with Gasteiger partial charge in [-0.2, -0.15) is 11.8 Å². The molecule has 4 N–H and O–H groups in total.